The Labute approximate surface area is 298 Å². The molecule has 17 nitrogen and oxygen atoms in total. The summed E-state index contributed by atoms with van der Waals surface area (Å²) in [4.78, 5) is 61.0. The highest BCUT2D eigenvalue weighted by Crippen LogP contribution is 2.40. The van der Waals surface area contributed by atoms with Crippen LogP contribution in [0, 0.1) is 0 Å². The number of anilines is 1. The van der Waals surface area contributed by atoms with E-state index >= 15 is 0 Å². The number of β-lactam (4-membered cyclic amide) rings is 1. The molecule has 0 unspecified atom stereocenters. The fraction of sp³-hybridized carbons (Fsp3) is 0.250. The smallest absolute Gasteiger partial charge is 0.350 e. The van der Waals surface area contributed by atoms with Crippen molar-refractivity contribution in [2.45, 2.75) is 44.0 Å². The number of hydrogen-bond acceptors (Lipinski definition) is 14. The Morgan fingerprint density at radius 1 is 1.24 bits per heavy atom. The Hall–Kier alpha value is -5.79. The van der Waals surface area contributed by atoms with Crippen LogP contribution < -0.4 is 32.1 Å². The van der Waals surface area contributed by atoms with E-state index in [0.29, 0.717) is 12.1 Å². The fourth-order valence-corrected chi connectivity index (χ4v) is 7.35. The van der Waals surface area contributed by atoms with Gasteiger partial charge in [0.2, 0.25) is 5.60 Å². The first-order chi connectivity index (χ1) is 24.4. The van der Waals surface area contributed by atoms with Gasteiger partial charge in [0.15, 0.2) is 29.8 Å². The molecule has 0 saturated carbocycles. The van der Waals surface area contributed by atoms with E-state index < -0.39 is 46.5 Å². The van der Waals surface area contributed by atoms with Gasteiger partial charge in [0, 0.05) is 35.5 Å². The molecule has 1 saturated heterocycles. The fourth-order valence-electron chi connectivity index (χ4n) is 5.47. The van der Waals surface area contributed by atoms with Crippen LogP contribution in [-0.2, 0) is 37.1 Å². The summed E-state index contributed by atoms with van der Waals surface area (Å²) >= 11 is 2.31. The number of carbonyl (C=O) groups is 4. The number of aromatic nitrogens is 3. The topological polar surface area (TPSA) is 247 Å². The Balaban J connectivity index is 1.17. The zero-order valence-electron chi connectivity index (χ0n) is 27.2. The van der Waals surface area contributed by atoms with Crippen molar-refractivity contribution in [1.82, 2.24) is 25.3 Å². The number of hydrazone groups is 1. The Morgan fingerprint density at radius 3 is 2.67 bits per heavy atom. The first-order valence-corrected chi connectivity index (χ1v) is 17.2. The third-order valence-electron chi connectivity index (χ3n) is 8.15. The summed E-state index contributed by atoms with van der Waals surface area (Å²) in [5, 5.41) is 33.7. The minimum Gasteiger partial charge on any atom is -0.543 e. The molecule has 3 aromatic heterocycles. The number of pyridine rings is 1. The molecule has 7 N–H and O–H groups in total. The normalized spacial score (nSPS) is 17.7. The predicted octanol–water partition coefficient (Wildman–Crippen LogP) is -0.499. The lowest BCUT2D eigenvalue weighted by atomic mass is 10.0. The Morgan fingerprint density at radius 2 is 2.00 bits per heavy atom. The number of hydrogen-bond donors (Lipinski definition) is 5. The standard InChI is InChI=1S/C32H32N10O7S2/c1-32(2,30(47)48)49-38-23(21-16-51-31(33)36-21)26(43)37-24-27(44)42-25(29(45)46)20(15-50-28(24)42)14-40-9-8-22-19(13-40)7-10-41(22)12-18-5-3-17(4-6-18)11-35-39-34/h3-11,13,16,24,28,39H,12,14-15,34H2,1-2H3,(H4-,33,36,37,43,45,46,47,48)/b35-11?,38-23-/t24-,28-/m1/s1. The maximum Gasteiger partial charge on any atom is 0.350 e. The number of oxime groups is 1. The second kappa shape index (κ2) is 14.2. The molecule has 2 atom stereocenters. The number of thiazole rings is 1. The van der Waals surface area contributed by atoms with Gasteiger partial charge in [-0.3, -0.25) is 14.5 Å². The lowest BCUT2D eigenvalue weighted by molar-refractivity contribution is -0.687. The van der Waals surface area contributed by atoms with E-state index in [1.807, 2.05) is 59.6 Å². The van der Waals surface area contributed by atoms with E-state index in [0.717, 1.165) is 38.3 Å². The van der Waals surface area contributed by atoms with Gasteiger partial charge in [-0.25, -0.2) is 25.7 Å². The molecule has 2 aliphatic rings. The van der Waals surface area contributed by atoms with Gasteiger partial charge in [-0.05, 0) is 31.0 Å². The number of nitrogens with two attached hydrogens (primary N) is 2. The van der Waals surface area contributed by atoms with Crippen molar-refractivity contribution in [1.29, 1.82) is 0 Å². The van der Waals surface area contributed by atoms with Crippen LogP contribution in [0.3, 0.4) is 0 Å². The van der Waals surface area contributed by atoms with Gasteiger partial charge in [-0.1, -0.05) is 29.4 Å². The zero-order chi connectivity index (χ0) is 36.4. The average molecular weight is 733 g/mol. The average Bonchev–Trinajstić information content (AvgIpc) is 3.71. The molecule has 264 valence electrons. The number of hydrazine groups is 1. The summed E-state index contributed by atoms with van der Waals surface area (Å²) in [5.41, 5.74) is 8.98. The summed E-state index contributed by atoms with van der Waals surface area (Å²) in [5.74, 6) is 1.05. The van der Waals surface area contributed by atoms with Crippen LogP contribution in [0.25, 0.3) is 10.9 Å². The highest BCUT2D eigenvalue weighted by atomic mass is 32.2. The van der Waals surface area contributed by atoms with Crippen molar-refractivity contribution in [3.05, 3.63) is 88.5 Å². The second-order valence-corrected chi connectivity index (χ2v) is 14.0. The first kappa shape index (κ1) is 35.1. The number of benzene rings is 1. The minimum atomic E-state index is -1.78. The van der Waals surface area contributed by atoms with E-state index in [4.69, 9.17) is 16.4 Å². The van der Waals surface area contributed by atoms with Crippen LogP contribution in [0.5, 0.6) is 0 Å². The number of nitrogen functional groups attached to an aromatic ring is 1. The summed E-state index contributed by atoms with van der Waals surface area (Å²) in [6, 6.07) is 10.7. The molecule has 51 heavy (non-hydrogen) atoms. The summed E-state index contributed by atoms with van der Waals surface area (Å²) < 4.78 is 3.94. The molecular formula is C32H32N10O7S2. The molecule has 0 aliphatic carbocycles. The molecule has 1 aromatic carbocycles. The van der Waals surface area contributed by atoms with Crippen LogP contribution in [0.1, 0.15) is 30.7 Å². The highest BCUT2D eigenvalue weighted by Gasteiger charge is 2.53. The Kier molecular flexibility index (Phi) is 9.77. The zero-order valence-corrected chi connectivity index (χ0v) is 28.8. The number of carboxylic acid groups (broad SMARTS) is 2. The van der Waals surface area contributed by atoms with E-state index in [1.54, 1.807) is 6.21 Å². The van der Waals surface area contributed by atoms with Gasteiger partial charge in [0.25, 0.3) is 11.8 Å². The van der Waals surface area contributed by atoms with Gasteiger partial charge in [0.1, 0.15) is 17.1 Å². The third kappa shape index (κ3) is 7.25. The third-order valence-corrected chi connectivity index (χ3v) is 10.2. The molecule has 2 aliphatic heterocycles. The van der Waals surface area contributed by atoms with Crippen LogP contribution in [-0.4, -0.2) is 78.0 Å². The van der Waals surface area contributed by atoms with E-state index in [-0.39, 0.29) is 28.8 Å². The monoisotopic (exact) mass is 732 g/mol. The summed E-state index contributed by atoms with van der Waals surface area (Å²) in [6.45, 7) is 3.31. The molecule has 1 fully saturated rings. The van der Waals surface area contributed by atoms with Crippen LogP contribution >= 0.6 is 23.1 Å². The molecule has 5 heterocycles. The highest BCUT2D eigenvalue weighted by molar-refractivity contribution is 8.00. The van der Waals surface area contributed by atoms with Gasteiger partial charge in [-0.15, -0.1) is 23.1 Å². The number of amides is 2. The van der Waals surface area contributed by atoms with Crippen molar-refractivity contribution in [2.24, 2.45) is 16.1 Å². The number of nitrogens with zero attached hydrogens (tertiary/aromatic N) is 6. The molecule has 0 spiro atoms. The molecule has 0 radical (unpaired) electrons. The number of nitrogens with one attached hydrogen (secondary N) is 2. The second-order valence-electron chi connectivity index (χ2n) is 12.0. The molecule has 19 heteroatoms. The van der Waals surface area contributed by atoms with E-state index in [9.17, 15) is 29.4 Å². The van der Waals surface area contributed by atoms with E-state index in [1.165, 1.54) is 31.0 Å². The van der Waals surface area contributed by atoms with Crippen molar-refractivity contribution in [2.75, 3.05) is 11.5 Å². The number of carboxylic acids is 2. The summed E-state index contributed by atoms with van der Waals surface area (Å²) in [6.07, 6.45) is 7.34. The quantitative estimate of drug-likeness (QED) is 0.0384. The van der Waals surface area contributed by atoms with Gasteiger partial charge in [0.05, 0.1) is 28.8 Å². The van der Waals surface area contributed by atoms with Crippen molar-refractivity contribution in [3.8, 4) is 0 Å². The van der Waals surface area contributed by atoms with Crippen molar-refractivity contribution >= 4 is 74.8 Å². The van der Waals surface area contributed by atoms with Crippen LogP contribution in [0.4, 0.5) is 5.13 Å². The largest absolute Gasteiger partial charge is 0.543 e. The molecular weight excluding hydrogens is 701 g/mol. The molecule has 2 amide bonds. The molecule has 6 rings (SSSR count). The van der Waals surface area contributed by atoms with Gasteiger partial charge < -0.3 is 35.5 Å². The SMILES string of the molecule is CC(C)(O/N=C(\C(=O)N[C@@H]1C(=O)N2C(C(=O)[O-])=C(C[n+]3ccc4c(ccn4Cc4ccc(C=NNN)cc4)c3)CS[C@H]12)c1csc(N)n1)C(=O)O. The summed E-state index contributed by atoms with van der Waals surface area (Å²) in [7, 11) is 0. The van der Waals surface area contributed by atoms with Crippen LogP contribution in [0.2, 0.25) is 0 Å². The van der Waals surface area contributed by atoms with Crippen molar-refractivity contribution < 1.29 is 38.8 Å². The van der Waals surface area contributed by atoms with Gasteiger partial charge in [-0.2, -0.15) is 5.10 Å². The minimum absolute atomic E-state index is 0.0131. The number of rotatable bonds is 13. The number of fused-ring (bicyclic) bond motifs is 2. The number of carbonyl (C=O) groups excluding carboxylic acids is 3. The lowest BCUT2D eigenvalue weighted by Crippen LogP contribution is -2.71. The van der Waals surface area contributed by atoms with Crippen LogP contribution in [0.15, 0.2) is 81.9 Å². The predicted molar refractivity (Wildman–Crippen MR) is 186 cm³/mol. The Bertz CT molecular complexity index is 2120. The van der Waals surface area contributed by atoms with E-state index in [2.05, 4.69) is 30.7 Å². The maximum atomic E-state index is 13.4. The number of aliphatic carboxylic acids is 2. The lowest BCUT2D eigenvalue weighted by Gasteiger charge is -2.50. The number of thioether (sulfide) groups is 1. The first-order valence-electron chi connectivity index (χ1n) is 15.3. The molecule has 0 bridgehead atoms. The maximum absolute atomic E-state index is 13.4. The van der Waals surface area contributed by atoms with Gasteiger partial charge >= 0.3 is 5.97 Å². The van der Waals surface area contributed by atoms with Crippen molar-refractivity contribution in [3.63, 3.8) is 0 Å². The molecule has 4 aromatic rings.